The molecule has 0 unspecified atom stereocenters. The number of nitrogens with one attached hydrogen (secondary N) is 2. The number of anilines is 4. The summed E-state index contributed by atoms with van der Waals surface area (Å²) < 4.78 is 0. The van der Waals surface area contributed by atoms with E-state index in [1.807, 2.05) is 43.3 Å². The third-order valence-electron chi connectivity index (χ3n) is 6.73. The summed E-state index contributed by atoms with van der Waals surface area (Å²) in [6.07, 6.45) is 6.00. The molecule has 1 aliphatic carbocycles. The van der Waals surface area contributed by atoms with Crippen LogP contribution >= 0.6 is 0 Å². The van der Waals surface area contributed by atoms with Crippen LogP contribution in [0.1, 0.15) is 53.2 Å². The fourth-order valence-corrected chi connectivity index (χ4v) is 5.05. The number of hydrogen-bond acceptors (Lipinski definition) is 3. The summed E-state index contributed by atoms with van der Waals surface area (Å²) in [4.78, 5) is 15.3. The minimum Gasteiger partial charge on any atom is -0.383 e. The minimum absolute atomic E-state index is 0.114. The van der Waals surface area contributed by atoms with Crippen molar-refractivity contribution in [2.45, 2.75) is 39.0 Å². The molecule has 0 radical (unpaired) electrons. The molecule has 5 rings (SSSR count). The van der Waals surface area contributed by atoms with Gasteiger partial charge < -0.3 is 15.5 Å². The van der Waals surface area contributed by atoms with E-state index in [0.717, 1.165) is 48.4 Å². The first-order valence-electron chi connectivity index (χ1n) is 11.9. The Hall–Kier alpha value is -3.53. The molecule has 1 aliphatic heterocycles. The first-order valence-corrected chi connectivity index (χ1v) is 11.9. The smallest absolute Gasteiger partial charge is 0.256 e. The van der Waals surface area contributed by atoms with Gasteiger partial charge in [-0.15, -0.1) is 0 Å². The minimum atomic E-state index is -0.114. The molecule has 1 amide bonds. The van der Waals surface area contributed by atoms with E-state index >= 15 is 0 Å². The molecule has 33 heavy (non-hydrogen) atoms. The maximum atomic E-state index is 12.9. The molecular weight excluding hydrogens is 406 g/mol. The van der Waals surface area contributed by atoms with Gasteiger partial charge in [-0.3, -0.25) is 4.79 Å². The quantitative estimate of drug-likeness (QED) is 0.471. The second-order valence-electron chi connectivity index (χ2n) is 9.06. The van der Waals surface area contributed by atoms with E-state index < -0.39 is 0 Å². The molecule has 3 aromatic carbocycles. The van der Waals surface area contributed by atoms with Crippen molar-refractivity contribution in [1.29, 1.82) is 0 Å². The molecule has 3 aromatic rings. The van der Waals surface area contributed by atoms with Crippen molar-refractivity contribution in [3.05, 3.63) is 89.5 Å². The molecule has 0 fully saturated rings. The Labute approximate surface area is 196 Å². The van der Waals surface area contributed by atoms with Crippen LogP contribution in [0.15, 0.2) is 67.2 Å². The van der Waals surface area contributed by atoms with Gasteiger partial charge in [-0.25, -0.2) is 0 Å². The maximum absolute atomic E-state index is 12.9. The number of carbonyl (C=O) groups excluding carboxylic acids is 1. The Kier molecular flexibility index (Phi) is 5.91. The Bertz CT molecular complexity index is 1200. The van der Waals surface area contributed by atoms with Crippen LogP contribution in [-0.2, 0) is 12.8 Å². The average molecular weight is 438 g/mol. The van der Waals surface area contributed by atoms with Crippen molar-refractivity contribution in [3.8, 4) is 0 Å². The lowest BCUT2D eigenvalue weighted by molar-refractivity contribution is 0.102. The number of amides is 1. The van der Waals surface area contributed by atoms with Gasteiger partial charge in [0.05, 0.1) is 11.4 Å². The zero-order valence-corrected chi connectivity index (χ0v) is 19.3. The fourth-order valence-electron chi connectivity index (χ4n) is 5.05. The molecular formula is C29H31N3O. The van der Waals surface area contributed by atoms with E-state index in [1.54, 1.807) is 0 Å². The molecule has 0 atom stereocenters. The predicted molar refractivity (Wildman–Crippen MR) is 139 cm³/mol. The van der Waals surface area contributed by atoms with Crippen LogP contribution in [0.5, 0.6) is 0 Å². The molecule has 0 bridgehead atoms. The second kappa shape index (κ2) is 9.14. The Morgan fingerprint density at radius 2 is 1.70 bits per heavy atom. The fraction of sp³-hybridized carbons (Fsp3) is 0.276. The van der Waals surface area contributed by atoms with Crippen LogP contribution in [0.4, 0.5) is 22.7 Å². The number of nitrogens with zero attached hydrogens (tertiary/aromatic N) is 1. The molecule has 2 N–H and O–H groups in total. The highest BCUT2D eigenvalue weighted by atomic mass is 16.1. The van der Waals surface area contributed by atoms with E-state index in [1.165, 1.54) is 41.8 Å². The van der Waals surface area contributed by atoms with Crippen molar-refractivity contribution in [2.24, 2.45) is 0 Å². The van der Waals surface area contributed by atoms with Gasteiger partial charge in [0.1, 0.15) is 0 Å². The van der Waals surface area contributed by atoms with E-state index in [4.69, 9.17) is 0 Å². The molecule has 168 valence electrons. The van der Waals surface area contributed by atoms with Gasteiger partial charge in [-0.2, -0.15) is 0 Å². The van der Waals surface area contributed by atoms with Crippen molar-refractivity contribution in [3.63, 3.8) is 0 Å². The van der Waals surface area contributed by atoms with E-state index in [9.17, 15) is 4.79 Å². The summed E-state index contributed by atoms with van der Waals surface area (Å²) >= 11 is 0. The van der Waals surface area contributed by atoms with Crippen molar-refractivity contribution in [1.82, 2.24) is 0 Å². The highest BCUT2D eigenvalue weighted by Gasteiger charge is 2.22. The van der Waals surface area contributed by atoms with Crippen LogP contribution in [0.25, 0.3) is 5.57 Å². The highest BCUT2D eigenvalue weighted by molar-refractivity contribution is 6.07. The highest BCUT2D eigenvalue weighted by Crippen LogP contribution is 2.40. The van der Waals surface area contributed by atoms with Crippen molar-refractivity contribution in [2.75, 3.05) is 28.6 Å². The summed E-state index contributed by atoms with van der Waals surface area (Å²) in [5.74, 6) is -0.114. The number of carbonyl (C=O) groups is 1. The molecule has 0 saturated heterocycles. The van der Waals surface area contributed by atoms with Gasteiger partial charge in [0.2, 0.25) is 0 Å². The molecule has 4 heteroatoms. The second-order valence-corrected chi connectivity index (χ2v) is 9.06. The largest absolute Gasteiger partial charge is 0.383 e. The summed E-state index contributed by atoms with van der Waals surface area (Å²) in [5.41, 5.74) is 9.93. The van der Waals surface area contributed by atoms with Crippen LogP contribution in [0, 0.1) is 0 Å². The monoisotopic (exact) mass is 437 g/mol. The third-order valence-corrected chi connectivity index (χ3v) is 6.73. The summed E-state index contributed by atoms with van der Waals surface area (Å²) in [5, 5.41) is 6.76. The Balaban J connectivity index is 1.39. The van der Waals surface area contributed by atoms with E-state index in [-0.39, 0.29) is 5.91 Å². The number of fused-ring (bicyclic) bond motifs is 3. The number of allylic oxidation sites excluding steroid dienone is 1. The number of benzene rings is 3. The maximum Gasteiger partial charge on any atom is 0.256 e. The average Bonchev–Trinajstić information content (AvgIpc) is 3.07. The van der Waals surface area contributed by atoms with Crippen molar-refractivity contribution < 1.29 is 4.79 Å². The molecule has 0 saturated carbocycles. The van der Waals surface area contributed by atoms with Gasteiger partial charge in [-0.05, 0) is 92.1 Å². The molecule has 1 heterocycles. The lowest BCUT2D eigenvalue weighted by Crippen LogP contribution is -2.18. The number of rotatable bonds is 4. The summed E-state index contributed by atoms with van der Waals surface area (Å²) in [6.45, 7) is 7.89. The number of aryl methyl sites for hydroxylation is 1. The summed E-state index contributed by atoms with van der Waals surface area (Å²) in [7, 11) is 0. The number of hydrogen-bond donors (Lipinski definition) is 2. The molecule has 0 spiro atoms. The normalized spacial score (nSPS) is 15.0. The first-order chi connectivity index (χ1) is 16.1. The molecule has 2 aliphatic rings. The SMILES string of the molecule is C=C(C)c1ccccc1C(=O)Nc1ccc(N2CCCNc3c2ccc2c3CCCC2)cc1. The van der Waals surface area contributed by atoms with Gasteiger partial charge in [0.25, 0.3) is 5.91 Å². The summed E-state index contributed by atoms with van der Waals surface area (Å²) in [6, 6.07) is 20.4. The molecule has 0 aromatic heterocycles. The van der Waals surface area contributed by atoms with Crippen LogP contribution in [-0.4, -0.2) is 19.0 Å². The van der Waals surface area contributed by atoms with E-state index in [0.29, 0.717) is 5.56 Å². The Morgan fingerprint density at radius 3 is 2.48 bits per heavy atom. The van der Waals surface area contributed by atoms with Gasteiger partial charge in [0, 0.05) is 30.0 Å². The lowest BCUT2D eigenvalue weighted by atomic mass is 9.89. The Morgan fingerprint density at radius 1 is 0.939 bits per heavy atom. The van der Waals surface area contributed by atoms with Gasteiger partial charge in [0.15, 0.2) is 0 Å². The van der Waals surface area contributed by atoms with Gasteiger partial charge >= 0.3 is 0 Å². The third kappa shape index (κ3) is 4.25. The van der Waals surface area contributed by atoms with Crippen LogP contribution in [0.3, 0.4) is 0 Å². The first kappa shape index (κ1) is 21.3. The zero-order valence-electron chi connectivity index (χ0n) is 19.3. The zero-order chi connectivity index (χ0) is 22.8. The molecule has 4 nitrogen and oxygen atoms in total. The van der Waals surface area contributed by atoms with Crippen LogP contribution in [0.2, 0.25) is 0 Å². The lowest BCUT2D eigenvalue weighted by Gasteiger charge is -2.28. The van der Waals surface area contributed by atoms with E-state index in [2.05, 4.69) is 46.4 Å². The van der Waals surface area contributed by atoms with Gasteiger partial charge in [-0.1, -0.05) is 36.4 Å². The van der Waals surface area contributed by atoms with Crippen LogP contribution < -0.4 is 15.5 Å². The predicted octanol–water partition coefficient (Wildman–Crippen LogP) is 6.80. The standard InChI is InChI=1S/C29H31N3O/c1-20(2)24-9-5-6-11-26(24)29(33)31-22-13-15-23(16-14-22)32-19-7-18-30-28-25-10-4-3-8-21(25)12-17-27(28)32/h5-6,9,11-17,30H,1,3-4,7-8,10,18-19H2,2H3,(H,31,33). The van der Waals surface area contributed by atoms with Crippen molar-refractivity contribution >= 4 is 34.2 Å². The topological polar surface area (TPSA) is 44.4 Å².